The molecule has 35 heavy (non-hydrogen) atoms. The Bertz CT molecular complexity index is 1560. The summed E-state index contributed by atoms with van der Waals surface area (Å²) in [6, 6.07) is 13.9. The van der Waals surface area contributed by atoms with Crippen LogP contribution in [-0.4, -0.2) is 18.7 Å². The van der Waals surface area contributed by atoms with Crippen molar-refractivity contribution in [2.24, 2.45) is 0 Å². The van der Waals surface area contributed by atoms with Crippen molar-refractivity contribution in [2.75, 3.05) is 19.1 Å². The van der Waals surface area contributed by atoms with Gasteiger partial charge in [-0.2, -0.15) is 4.57 Å². The molecule has 0 N–H and O–H groups in total. The summed E-state index contributed by atoms with van der Waals surface area (Å²) >= 11 is 11.0. The number of anilines is 1. The number of methoxy groups -OCH3 is 1. The van der Waals surface area contributed by atoms with E-state index >= 15 is 0 Å². The zero-order chi connectivity index (χ0) is 23.8. The van der Waals surface area contributed by atoms with Crippen LogP contribution in [0.15, 0.2) is 63.7 Å². The first-order valence-corrected chi connectivity index (χ1v) is 13.6. The van der Waals surface area contributed by atoms with E-state index in [9.17, 15) is 4.79 Å². The van der Waals surface area contributed by atoms with Gasteiger partial charge in [0.25, 0.3) is 10.6 Å². The predicted octanol–water partition coefficient (Wildman–Crippen LogP) is 1.13. The fraction of sp³-hybridized carbons (Fsp3) is 0.200. The monoisotopic (exact) mass is 563 g/mol. The molecular formula is C25H23Cl2N3O2S3. The molecule has 0 spiro atoms. The number of thiazole rings is 2. The first-order valence-electron chi connectivity index (χ1n) is 10.8. The number of halogens is 2. The molecule has 1 aliphatic heterocycles. The van der Waals surface area contributed by atoms with E-state index < -0.39 is 0 Å². The summed E-state index contributed by atoms with van der Waals surface area (Å²) in [5.74, 6) is 0.869. The Morgan fingerprint density at radius 2 is 2.00 bits per heavy atom. The highest BCUT2D eigenvalue weighted by molar-refractivity contribution is 8.08. The average molecular weight is 565 g/mol. The van der Waals surface area contributed by atoms with Crippen molar-refractivity contribution in [1.29, 1.82) is 0 Å². The van der Waals surface area contributed by atoms with E-state index in [-0.39, 0.29) is 18.0 Å². The highest BCUT2D eigenvalue weighted by Gasteiger charge is 2.25. The van der Waals surface area contributed by atoms with Gasteiger partial charge in [-0.25, -0.2) is 0 Å². The van der Waals surface area contributed by atoms with E-state index in [0.717, 1.165) is 41.1 Å². The largest absolute Gasteiger partial charge is 1.00 e. The van der Waals surface area contributed by atoms with Crippen molar-refractivity contribution in [3.8, 4) is 5.75 Å². The van der Waals surface area contributed by atoms with E-state index in [1.54, 1.807) is 30.2 Å². The molecular weight excluding hydrogens is 541 g/mol. The van der Waals surface area contributed by atoms with Gasteiger partial charge in [-0.05, 0) is 37.3 Å². The van der Waals surface area contributed by atoms with Gasteiger partial charge < -0.3 is 22.0 Å². The first-order chi connectivity index (χ1) is 16.5. The third-order valence-electron chi connectivity index (χ3n) is 5.71. The van der Waals surface area contributed by atoms with Crippen molar-refractivity contribution < 1.29 is 21.7 Å². The van der Waals surface area contributed by atoms with Crippen molar-refractivity contribution in [3.05, 3.63) is 89.2 Å². The van der Waals surface area contributed by atoms with E-state index in [1.165, 1.54) is 11.3 Å². The number of para-hydroxylation sites is 1. The summed E-state index contributed by atoms with van der Waals surface area (Å²) in [5.41, 5.74) is 2.22. The molecule has 0 saturated heterocycles. The number of fused-ring (bicyclic) bond motifs is 1. The van der Waals surface area contributed by atoms with E-state index in [1.807, 2.05) is 54.9 Å². The molecule has 0 unspecified atom stereocenters. The van der Waals surface area contributed by atoms with Gasteiger partial charge in [-0.3, -0.25) is 9.36 Å². The molecule has 0 fully saturated rings. The minimum Gasteiger partial charge on any atom is -1.00 e. The molecule has 2 aromatic carbocycles. The second-order valence-corrected chi connectivity index (χ2v) is 11.1. The molecule has 3 heterocycles. The van der Waals surface area contributed by atoms with Crippen LogP contribution in [0.3, 0.4) is 0 Å². The molecule has 0 aliphatic carbocycles. The number of hydrogen-bond acceptors (Lipinski definition) is 6. The lowest BCUT2D eigenvalue weighted by Gasteiger charge is -2.12. The van der Waals surface area contributed by atoms with Gasteiger partial charge in [0, 0.05) is 23.5 Å². The van der Waals surface area contributed by atoms with Crippen LogP contribution in [0, 0.1) is 0 Å². The molecule has 1 aliphatic rings. The van der Waals surface area contributed by atoms with Gasteiger partial charge in [0.2, 0.25) is 0 Å². The van der Waals surface area contributed by atoms with Crippen molar-refractivity contribution in [3.63, 3.8) is 0 Å². The zero-order valence-electron chi connectivity index (χ0n) is 19.3. The summed E-state index contributed by atoms with van der Waals surface area (Å²) in [7, 11) is 3.70. The lowest BCUT2D eigenvalue weighted by Crippen LogP contribution is -3.00. The lowest BCUT2D eigenvalue weighted by molar-refractivity contribution is -0.685. The minimum absolute atomic E-state index is 0. The number of thioether (sulfide) groups is 1. The maximum atomic E-state index is 13.4. The van der Waals surface area contributed by atoms with E-state index in [4.69, 9.17) is 16.3 Å². The Labute approximate surface area is 227 Å². The molecule has 5 nitrogen and oxygen atoms in total. The van der Waals surface area contributed by atoms with Crippen molar-refractivity contribution in [2.45, 2.75) is 24.9 Å². The van der Waals surface area contributed by atoms with Gasteiger partial charge in [-0.15, -0.1) is 11.3 Å². The first kappa shape index (κ1) is 25.9. The average Bonchev–Trinajstić information content (AvgIpc) is 3.50. The van der Waals surface area contributed by atoms with Crippen molar-refractivity contribution >= 4 is 62.8 Å². The number of ether oxygens (including phenoxy) is 1. The molecule has 0 bridgehead atoms. The lowest BCUT2D eigenvalue weighted by atomic mass is 10.2. The quantitative estimate of drug-likeness (QED) is 0.341. The van der Waals surface area contributed by atoms with Crippen LogP contribution < -0.4 is 41.4 Å². The molecule has 0 radical (unpaired) electrons. The third kappa shape index (κ3) is 4.90. The maximum absolute atomic E-state index is 13.4. The molecule has 0 saturated carbocycles. The normalized spacial score (nSPS) is 14.7. The fourth-order valence-electron chi connectivity index (χ4n) is 3.98. The Hall–Kier alpha value is -2.23. The Kier molecular flexibility index (Phi) is 7.98. The summed E-state index contributed by atoms with van der Waals surface area (Å²) in [5, 5.41) is 4.79. The number of hydrogen-bond donors (Lipinski definition) is 0. The van der Waals surface area contributed by atoms with E-state index in [0.29, 0.717) is 18.1 Å². The van der Waals surface area contributed by atoms with Crippen molar-refractivity contribution in [1.82, 2.24) is 4.57 Å². The molecule has 5 rings (SSSR count). The molecule has 0 atom stereocenters. The summed E-state index contributed by atoms with van der Waals surface area (Å²) in [6.45, 7) is 3.32. The number of nitrogens with zero attached hydrogens (tertiary/aromatic N) is 3. The number of rotatable bonds is 5. The Balaban J connectivity index is 0.00000289. The standard InChI is InChI=1S/C25H23ClN3O2S3.ClH/c1-4-29-22(14-21-28(11-12-32-21)15-16-7-5-6-8-19(16)31-3)34-23(24(29)30)25-27(2)18-10-9-17(26)13-20(18)33-25;/h5-14H,4,15H2,1-3H3;1H/q+1;/p-1/b25-23+;. The summed E-state index contributed by atoms with van der Waals surface area (Å²) in [4.78, 5) is 16.6. The van der Waals surface area contributed by atoms with Crippen LogP contribution in [0.1, 0.15) is 17.5 Å². The SMILES string of the molecule is CCn1c(=O)/c(=C2\Sc3cc(Cl)ccc3N2C)s/c1=C\c1scc[n+]1Cc1ccccc1OC.[Cl-]. The molecule has 4 aromatic rings. The summed E-state index contributed by atoms with van der Waals surface area (Å²) < 4.78 is 11.3. The molecule has 10 heteroatoms. The number of aromatic nitrogens is 2. The van der Waals surface area contributed by atoms with E-state index in [2.05, 4.69) is 33.2 Å². The van der Waals surface area contributed by atoms with Crippen LogP contribution in [0.4, 0.5) is 5.69 Å². The maximum Gasteiger partial charge on any atom is 0.271 e. The molecule has 2 aromatic heterocycles. The van der Waals surface area contributed by atoms with Crippen LogP contribution in [0.25, 0.3) is 11.1 Å². The fourth-order valence-corrected chi connectivity index (χ4v) is 7.57. The van der Waals surface area contributed by atoms with Crippen LogP contribution in [0.5, 0.6) is 5.75 Å². The third-order valence-corrected chi connectivity index (χ3v) is 9.26. The minimum atomic E-state index is 0. The Morgan fingerprint density at radius 1 is 1.20 bits per heavy atom. The van der Waals surface area contributed by atoms with Gasteiger partial charge in [-0.1, -0.05) is 46.8 Å². The van der Waals surface area contributed by atoms with Gasteiger partial charge >= 0.3 is 0 Å². The molecule has 0 amide bonds. The number of benzene rings is 2. The zero-order valence-corrected chi connectivity index (χ0v) is 23.3. The van der Waals surface area contributed by atoms with Crippen LogP contribution in [-0.2, 0) is 13.1 Å². The topological polar surface area (TPSA) is 38.4 Å². The highest BCUT2D eigenvalue weighted by Crippen LogP contribution is 2.46. The van der Waals surface area contributed by atoms with Gasteiger partial charge in [0.15, 0.2) is 12.7 Å². The van der Waals surface area contributed by atoms with Gasteiger partial charge in [0.05, 0.1) is 29.8 Å². The smallest absolute Gasteiger partial charge is 0.271 e. The molecule has 182 valence electrons. The van der Waals surface area contributed by atoms with Gasteiger partial charge in [0.1, 0.15) is 20.0 Å². The predicted molar refractivity (Wildman–Crippen MR) is 143 cm³/mol. The van der Waals surface area contributed by atoms with Crippen LogP contribution >= 0.6 is 46.0 Å². The second-order valence-electron chi connectivity index (χ2n) is 7.72. The Morgan fingerprint density at radius 3 is 2.77 bits per heavy atom. The summed E-state index contributed by atoms with van der Waals surface area (Å²) in [6.07, 6.45) is 4.19. The highest BCUT2D eigenvalue weighted by atomic mass is 35.5. The second kappa shape index (κ2) is 10.8. The van der Waals surface area contributed by atoms with Crippen LogP contribution in [0.2, 0.25) is 5.02 Å².